The van der Waals surface area contributed by atoms with E-state index < -0.39 is 0 Å². The van der Waals surface area contributed by atoms with Crippen LogP contribution in [-0.2, 0) is 0 Å². The predicted octanol–water partition coefficient (Wildman–Crippen LogP) is 0.581. The molecule has 0 spiro atoms. The summed E-state index contributed by atoms with van der Waals surface area (Å²) >= 11 is 0. The molecule has 0 aliphatic carbocycles. The standard InChI is InChI=1S/C7H17N3/c1-4-6-10-7(8-3)9-5-2/h4-6H2,1-3H3,(H2,8,9,10). The van der Waals surface area contributed by atoms with Gasteiger partial charge in [0, 0.05) is 20.1 Å². The molecular formula is C7H17N3. The molecule has 0 radical (unpaired) electrons. The van der Waals surface area contributed by atoms with E-state index in [0.29, 0.717) is 0 Å². The molecule has 2 N–H and O–H groups in total. The molecular weight excluding hydrogens is 126 g/mol. The van der Waals surface area contributed by atoms with Crippen LogP contribution in [0.1, 0.15) is 20.3 Å². The van der Waals surface area contributed by atoms with E-state index in [1.54, 1.807) is 7.05 Å². The van der Waals surface area contributed by atoms with Gasteiger partial charge in [-0.2, -0.15) is 0 Å². The third-order valence-electron chi connectivity index (χ3n) is 1.11. The third kappa shape index (κ3) is 4.18. The zero-order valence-electron chi connectivity index (χ0n) is 7.07. The highest BCUT2D eigenvalue weighted by molar-refractivity contribution is 5.79. The summed E-state index contributed by atoms with van der Waals surface area (Å²) in [6.45, 7) is 6.09. The highest BCUT2D eigenvalue weighted by atomic mass is 15.2. The largest absolute Gasteiger partial charge is 0.357 e. The molecule has 0 aromatic heterocycles. The van der Waals surface area contributed by atoms with Crippen LogP contribution in [0.5, 0.6) is 0 Å². The molecule has 0 heterocycles. The van der Waals surface area contributed by atoms with Crippen LogP contribution in [0.4, 0.5) is 0 Å². The predicted molar refractivity (Wildman–Crippen MR) is 45.3 cm³/mol. The molecule has 0 unspecified atom stereocenters. The van der Waals surface area contributed by atoms with E-state index in [-0.39, 0.29) is 0 Å². The summed E-state index contributed by atoms with van der Waals surface area (Å²) in [5, 5.41) is 6.26. The summed E-state index contributed by atoms with van der Waals surface area (Å²) in [5.74, 6) is 0.893. The van der Waals surface area contributed by atoms with Crippen molar-refractivity contribution in [1.29, 1.82) is 0 Å². The van der Waals surface area contributed by atoms with E-state index >= 15 is 0 Å². The van der Waals surface area contributed by atoms with Crippen LogP contribution in [0.2, 0.25) is 0 Å². The first-order chi connectivity index (χ1) is 4.85. The van der Waals surface area contributed by atoms with Crippen molar-refractivity contribution in [3.05, 3.63) is 0 Å². The van der Waals surface area contributed by atoms with Crippen LogP contribution in [0.25, 0.3) is 0 Å². The zero-order chi connectivity index (χ0) is 7.82. The van der Waals surface area contributed by atoms with Crippen molar-refractivity contribution in [1.82, 2.24) is 10.6 Å². The monoisotopic (exact) mass is 143 g/mol. The maximum absolute atomic E-state index is 4.01. The summed E-state index contributed by atoms with van der Waals surface area (Å²) in [6.07, 6.45) is 1.13. The van der Waals surface area contributed by atoms with Crippen molar-refractivity contribution in [2.75, 3.05) is 20.1 Å². The molecule has 0 aromatic rings. The number of guanidine groups is 1. The van der Waals surface area contributed by atoms with Crippen LogP contribution >= 0.6 is 0 Å². The molecule has 10 heavy (non-hydrogen) atoms. The first-order valence-electron chi connectivity index (χ1n) is 3.79. The van der Waals surface area contributed by atoms with Gasteiger partial charge in [-0.15, -0.1) is 0 Å². The molecule has 0 fully saturated rings. The summed E-state index contributed by atoms with van der Waals surface area (Å²) < 4.78 is 0. The minimum atomic E-state index is 0.893. The van der Waals surface area contributed by atoms with Crippen molar-refractivity contribution in [3.63, 3.8) is 0 Å². The fourth-order valence-electron chi connectivity index (χ4n) is 0.631. The van der Waals surface area contributed by atoms with Gasteiger partial charge >= 0.3 is 0 Å². The van der Waals surface area contributed by atoms with Gasteiger partial charge in [-0.3, -0.25) is 4.99 Å². The summed E-state index contributed by atoms with van der Waals surface area (Å²) in [7, 11) is 1.78. The fourth-order valence-corrected chi connectivity index (χ4v) is 0.631. The Kier molecular flexibility index (Phi) is 5.92. The smallest absolute Gasteiger partial charge is 0.190 e. The lowest BCUT2D eigenvalue weighted by molar-refractivity contribution is 0.794. The molecule has 0 aromatic carbocycles. The quantitative estimate of drug-likeness (QED) is 0.448. The van der Waals surface area contributed by atoms with Gasteiger partial charge in [0.2, 0.25) is 0 Å². The van der Waals surface area contributed by atoms with Gasteiger partial charge in [-0.25, -0.2) is 0 Å². The van der Waals surface area contributed by atoms with E-state index in [2.05, 4.69) is 29.5 Å². The van der Waals surface area contributed by atoms with Crippen molar-refractivity contribution in [2.24, 2.45) is 4.99 Å². The van der Waals surface area contributed by atoms with Crippen LogP contribution in [0, 0.1) is 0 Å². The number of aliphatic imine (C=N–C) groups is 1. The number of nitrogens with one attached hydrogen (secondary N) is 2. The number of hydrogen-bond acceptors (Lipinski definition) is 1. The van der Waals surface area contributed by atoms with Crippen LogP contribution in [0.3, 0.4) is 0 Å². The molecule has 0 aliphatic heterocycles. The van der Waals surface area contributed by atoms with Crippen molar-refractivity contribution in [2.45, 2.75) is 20.3 Å². The normalized spacial score (nSPS) is 11.3. The summed E-state index contributed by atoms with van der Waals surface area (Å²) in [5.41, 5.74) is 0. The Morgan fingerprint density at radius 3 is 2.40 bits per heavy atom. The maximum Gasteiger partial charge on any atom is 0.190 e. The molecule has 0 bridgehead atoms. The van der Waals surface area contributed by atoms with Gasteiger partial charge in [0.15, 0.2) is 5.96 Å². The van der Waals surface area contributed by atoms with Gasteiger partial charge in [0.25, 0.3) is 0 Å². The topological polar surface area (TPSA) is 36.4 Å². The van der Waals surface area contributed by atoms with Crippen LogP contribution in [0.15, 0.2) is 4.99 Å². The Morgan fingerprint density at radius 2 is 2.00 bits per heavy atom. The van der Waals surface area contributed by atoms with Gasteiger partial charge in [0.1, 0.15) is 0 Å². The highest BCUT2D eigenvalue weighted by Gasteiger charge is 1.89. The van der Waals surface area contributed by atoms with Crippen LogP contribution < -0.4 is 10.6 Å². The van der Waals surface area contributed by atoms with Gasteiger partial charge in [-0.1, -0.05) is 6.92 Å². The van der Waals surface area contributed by atoms with E-state index in [0.717, 1.165) is 25.5 Å². The maximum atomic E-state index is 4.01. The van der Waals surface area contributed by atoms with E-state index in [1.165, 1.54) is 0 Å². The first kappa shape index (κ1) is 9.27. The molecule has 3 heteroatoms. The molecule has 0 atom stereocenters. The number of hydrogen-bond donors (Lipinski definition) is 2. The Morgan fingerprint density at radius 1 is 1.30 bits per heavy atom. The number of rotatable bonds is 3. The van der Waals surface area contributed by atoms with Crippen molar-refractivity contribution < 1.29 is 0 Å². The van der Waals surface area contributed by atoms with E-state index in [9.17, 15) is 0 Å². The van der Waals surface area contributed by atoms with E-state index in [1.807, 2.05) is 0 Å². The average molecular weight is 143 g/mol. The third-order valence-corrected chi connectivity index (χ3v) is 1.11. The Bertz CT molecular complexity index is 99.0. The Balaban J connectivity index is 3.41. The summed E-state index contributed by atoms with van der Waals surface area (Å²) in [6, 6.07) is 0. The Hall–Kier alpha value is -0.730. The van der Waals surface area contributed by atoms with Gasteiger partial charge in [-0.05, 0) is 13.3 Å². The second-order valence-corrected chi connectivity index (χ2v) is 2.03. The molecule has 60 valence electrons. The SMILES string of the molecule is CCCN/C(=N/C)NCC. The van der Waals surface area contributed by atoms with Gasteiger partial charge < -0.3 is 10.6 Å². The van der Waals surface area contributed by atoms with Gasteiger partial charge in [0.05, 0.1) is 0 Å². The molecule has 0 aliphatic rings. The highest BCUT2D eigenvalue weighted by Crippen LogP contribution is 1.71. The zero-order valence-corrected chi connectivity index (χ0v) is 7.07. The molecule has 0 saturated heterocycles. The number of nitrogens with zero attached hydrogens (tertiary/aromatic N) is 1. The molecule has 0 rings (SSSR count). The van der Waals surface area contributed by atoms with Crippen molar-refractivity contribution >= 4 is 5.96 Å². The van der Waals surface area contributed by atoms with E-state index in [4.69, 9.17) is 0 Å². The lowest BCUT2D eigenvalue weighted by Crippen LogP contribution is -2.37. The minimum Gasteiger partial charge on any atom is -0.357 e. The van der Waals surface area contributed by atoms with Crippen LogP contribution in [-0.4, -0.2) is 26.1 Å². The first-order valence-corrected chi connectivity index (χ1v) is 3.79. The second kappa shape index (κ2) is 6.39. The molecule has 0 amide bonds. The minimum absolute atomic E-state index is 0.893. The Labute approximate surface area is 62.9 Å². The second-order valence-electron chi connectivity index (χ2n) is 2.03. The summed E-state index contributed by atoms with van der Waals surface area (Å²) in [4.78, 5) is 4.01. The lowest BCUT2D eigenvalue weighted by Gasteiger charge is -2.07. The lowest BCUT2D eigenvalue weighted by atomic mass is 10.5. The molecule has 0 saturated carbocycles. The van der Waals surface area contributed by atoms with Crippen molar-refractivity contribution in [3.8, 4) is 0 Å². The molecule has 3 nitrogen and oxygen atoms in total. The fraction of sp³-hybridized carbons (Fsp3) is 0.857. The average Bonchev–Trinajstić information content (AvgIpc) is 1.98.